The molecule has 4 atom stereocenters. The predicted octanol–water partition coefficient (Wildman–Crippen LogP) is 6.89. The molecule has 0 aliphatic heterocycles. The first-order valence-electron chi connectivity index (χ1n) is 10.6. The standard InChI is InChI=1S/C25H31/c1-3-20-11-13-24-23-12-10-19-16-18(17-8-9-17)6-5-7-21(19)22(23)14-15-25(20,24)4-2/h3,6-9,16,22-24H,4-5,10-15H2,1-2H3/b20-3-. The zero-order valence-electron chi connectivity index (χ0n) is 15.9. The van der Waals surface area contributed by atoms with Crippen molar-refractivity contribution in [2.24, 2.45) is 23.2 Å². The highest BCUT2D eigenvalue weighted by molar-refractivity contribution is 5.61. The van der Waals surface area contributed by atoms with Crippen LogP contribution in [0.1, 0.15) is 65.2 Å². The molecule has 0 bridgehead atoms. The summed E-state index contributed by atoms with van der Waals surface area (Å²) in [6.45, 7) is 4.74. The van der Waals surface area contributed by atoms with Crippen LogP contribution in [0.4, 0.5) is 0 Å². The summed E-state index contributed by atoms with van der Waals surface area (Å²) in [5.41, 5.74) is 8.71. The molecule has 0 spiro atoms. The maximum absolute atomic E-state index is 2.59. The highest BCUT2D eigenvalue weighted by atomic mass is 14.6. The normalized spacial score (nSPS) is 40.9. The van der Waals surface area contributed by atoms with Crippen LogP contribution in [-0.4, -0.2) is 0 Å². The summed E-state index contributed by atoms with van der Waals surface area (Å²) in [4.78, 5) is 0. The molecule has 0 aromatic heterocycles. The molecule has 5 rings (SSSR count). The van der Waals surface area contributed by atoms with E-state index in [1.54, 1.807) is 16.7 Å². The van der Waals surface area contributed by atoms with E-state index in [1.165, 1.54) is 56.1 Å². The molecule has 0 aromatic carbocycles. The van der Waals surface area contributed by atoms with Crippen molar-refractivity contribution in [3.05, 3.63) is 64.7 Å². The van der Waals surface area contributed by atoms with Gasteiger partial charge in [0.2, 0.25) is 0 Å². The Kier molecular flexibility index (Phi) is 3.73. The molecule has 4 unspecified atom stereocenters. The van der Waals surface area contributed by atoms with E-state index >= 15 is 0 Å². The molecule has 0 amide bonds. The van der Waals surface area contributed by atoms with Crippen LogP contribution in [0, 0.1) is 29.6 Å². The van der Waals surface area contributed by atoms with Crippen LogP contribution in [0.2, 0.25) is 0 Å². The molecule has 0 N–H and O–H groups in total. The Morgan fingerprint density at radius 3 is 2.76 bits per heavy atom. The van der Waals surface area contributed by atoms with E-state index < -0.39 is 0 Å². The summed E-state index contributed by atoms with van der Waals surface area (Å²) in [6.07, 6.45) is 25.4. The lowest BCUT2D eigenvalue weighted by molar-refractivity contribution is 0.0479. The minimum absolute atomic E-state index is 0.555. The van der Waals surface area contributed by atoms with Crippen molar-refractivity contribution < 1.29 is 0 Å². The second-order valence-electron chi connectivity index (χ2n) is 8.83. The third-order valence-electron chi connectivity index (χ3n) is 8.18. The van der Waals surface area contributed by atoms with Crippen molar-refractivity contribution >= 4 is 0 Å². The maximum atomic E-state index is 2.59. The lowest BCUT2D eigenvalue weighted by Gasteiger charge is -2.51. The summed E-state index contributed by atoms with van der Waals surface area (Å²) in [5.74, 6) is 2.72. The van der Waals surface area contributed by atoms with E-state index in [1.807, 2.05) is 0 Å². The van der Waals surface area contributed by atoms with E-state index in [2.05, 4.69) is 50.6 Å². The molecular formula is C25H31. The van der Waals surface area contributed by atoms with Crippen LogP contribution in [0.15, 0.2) is 58.2 Å². The Morgan fingerprint density at radius 2 is 2.00 bits per heavy atom. The lowest BCUT2D eigenvalue weighted by atomic mass is 9.53. The molecule has 0 heterocycles. The molecule has 3 saturated carbocycles. The van der Waals surface area contributed by atoms with E-state index in [0.29, 0.717) is 5.41 Å². The number of rotatable bonds is 2. The number of allylic oxidation sites excluding steroid dienone is 10. The second kappa shape index (κ2) is 5.86. The molecule has 3 fully saturated rings. The summed E-state index contributed by atoms with van der Waals surface area (Å²) in [6, 6.07) is 0. The number of fused-ring (bicyclic) bond motifs is 5. The first-order chi connectivity index (χ1) is 12.3. The van der Waals surface area contributed by atoms with Crippen LogP contribution in [0.25, 0.3) is 0 Å². The van der Waals surface area contributed by atoms with Gasteiger partial charge in [-0.3, -0.25) is 0 Å². The van der Waals surface area contributed by atoms with Gasteiger partial charge < -0.3 is 0 Å². The van der Waals surface area contributed by atoms with E-state index in [-0.39, 0.29) is 0 Å². The maximum Gasteiger partial charge on any atom is 0.0131 e. The first-order valence-corrected chi connectivity index (χ1v) is 10.6. The molecule has 1 radical (unpaired) electrons. The average Bonchev–Trinajstić information content (AvgIpc) is 3.43. The third kappa shape index (κ3) is 2.32. The first kappa shape index (κ1) is 15.9. The Morgan fingerprint density at radius 1 is 1.12 bits per heavy atom. The van der Waals surface area contributed by atoms with Gasteiger partial charge in [0.25, 0.3) is 0 Å². The summed E-state index contributed by atoms with van der Waals surface area (Å²) in [5, 5.41) is 0. The van der Waals surface area contributed by atoms with Gasteiger partial charge in [-0.15, -0.1) is 0 Å². The van der Waals surface area contributed by atoms with E-state index in [4.69, 9.17) is 0 Å². The highest BCUT2D eigenvalue weighted by Crippen LogP contribution is 2.64. The van der Waals surface area contributed by atoms with Gasteiger partial charge in [0.15, 0.2) is 0 Å². The van der Waals surface area contributed by atoms with Crippen LogP contribution >= 0.6 is 0 Å². The quantitative estimate of drug-likeness (QED) is 0.483. The Bertz CT molecular complexity index is 738. The van der Waals surface area contributed by atoms with Gasteiger partial charge in [0.05, 0.1) is 0 Å². The Balaban J connectivity index is 1.47. The SMILES string of the molecule is C/C=C1/CCC2C3CCC4=CC(C5=C[CH]5)=CCC=C4C3CCC12CC. The van der Waals surface area contributed by atoms with Gasteiger partial charge in [-0.05, 0) is 104 Å². The van der Waals surface area contributed by atoms with Crippen LogP contribution in [0.3, 0.4) is 0 Å². The molecule has 0 nitrogen and oxygen atoms in total. The monoisotopic (exact) mass is 331 g/mol. The topological polar surface area (TPSA) is 0 Å². The fourth-order valence-electron chi connectivity index (χ4n) is 6.98. The smallest absolute Gasteiger partial charge is 0.0131 e. The van der Waals surface area contributed by atoms with E-state index in [0.717, 1.165) is 24.2 Å². The molecule has 25 heavy (non-hydrogen) atoms. The van der Waals surface area contributed by atoms with Gasteiger partial charge in [0, 0.05) is 6.42 Å². The van der Waals surface area contributed by atoms with Gasteiger partial charge in [0.1, 0.15) is 0 Å². The van der Waals surface area contributed by atoms with Crippen molar-refractivity contribution in [2.75, 3.05) is 0 Å². The van der Waals surface area contributed by atoms with Crippen LogP contribution < -0.4 is 0 Å². The van der Waals surface area contributed by atoms with Gasteiger partial charge >= 0.3 is 0 Å². The molecule has 0 aromatic rings. The molecular weight excluding hydrogens is 300 g/mol. The minimum atomic E-state index is 0.555. The van der Waals surface area contributed by atoms with Gasteiger partial charge in [-0.2, -0.15) is 0 Å². The molecule has 0 saturated heterocycles. The largest absolute Gasteiger partial charge is 0.0879 e. The Hall–Kier alpha value is -1.30. The lowest BCUT2D eigenvalue weighted by Crippen LogP contribution is -2.43. The zero-order valence-corrected chi connectivity index (χ0v) is 15.9. The number of hydrogen-bond donors (Lipinski definition) is 0. The van der Waals surface area contributed by atoms with Gasteiger partial charge in [-0.25, -0.2) is 0 Å². The van der Waals surface area contributed by atoms with Crippen molar-refractivity contribution in [2.45, 2.75) is 65.2 Å². The van der Waals surface area contributed by atoms with Crippen molar-refractivity contribution in [1.29, 1.82) is 0 Å². The molecule has 5 aliphatic carbocycles. The average molecular weight is 332 g/mol. The van der Waals surface area contributed by atoms with Crippen molar-refractivity contribution in [3.8, 4) is 0 Å². The summed E-state index contributed by atoms with van der Waals surface area (Å²) >= 11 is 0. The second-order valence-corrected chi connectivity index (χ2v) is 8.83. The summed E-state index contributed by atoms with van der Waals surface area (Å²) in [7, 11) is 0. The van der Waals surface area contributed by atoms with Crippen molar-refractivity contribution in [3.63, 3.8) is 0 Å². The van der Waals surface area contributed by atoms with Crippen LogP contribution in [0.5, 0.6) is 0 Å². The van der Waals surface area contributed by atoms with Crippen LogP contribution in [-0.2, 0) is 0 Å². The zero-order chi connectivity index (χ0) is 17.0. The van der Waals surface area contributed by atoms with E-state index in [9.17, 15) is 0 Å². The Labute approximate surface area is 153 Å². The highest BCUT2D eigenvalue weighted by Gasteiger charge is 2.54. The summed E-state index contributed by atoms with van der Waals surface area (Å²) < 4.78 is 0. The van der Waals surface area contributed by atoms with Gasteiger partial charge in [-0.1, -0.05) is 42.9 Å². The number of hydrogen-bond acceptors (Lipinski definition) is 0. The molecule has 131 valence electrons. The van der Waals surface area contributed by atoms with Crippen molar-refractivity contribution in [1.82, 2.24) is 0 Å². The fourth-order valence-corrected chi connectivity index (χ4v) is 6.98. The predicted molar refractivity (Wildman–Crippen MR) is 106 cm³/mol. The molecule has 5 aliphatic rings. The fraction of sp³-hybridized carbons (Fsp3) is 0.560. The molecule has 0 heteroatoms. The minimum Gasteiger partial charge on any atom is -0.0879 e. The third-order valence-corrected chi connectivity index (χ3v) is 8.18.